The van der Waals surface area contributed by atoms with Crippen LogP contribution < -0.4 is 5.32 Å². The van der Waals surface area contributed by atoms with Gasteiger partial charge in [-0.2, -0.15) is 0 Å². The lowest BCUT2D eigenvalue weighted by atomic mass is 9.87. The standard InChI is InChI=1S/C15H27NO4/c1-5-10(2)16-14(17)11(3)20-13-8-6-12(7-9-13)15(18)19-4/h10-13H,5-9H2,1-4H3,(H,16,17). The number of hydrogen-bond acceptors (Lipinski definition) is 4. The minimum Gasteiger partial charge on any atom is -0.469 e. The van der Waals surface area contributed by atoms with Crippen LogP contribution in [0.2, 0.25) is 0 Å². The number of hydrogen-bond donors (Lipinski definition) is 1. The van der Waals surface area contributed by atoms with Crippen molar-refractivity contribution in [3.8, 4) is 0 Å². The van der Waals surface area contributed by atoms with Crippen molar-refractivity contribution in [1.82, 2.24) is 5.32 Å². The molecule has 1 saturated carbocycles. The molecule has 1 amide bonds. The summed E-state index contributed by atoms with van der Waals surface area (Å²) in [5.74, 6) is -0.204. The molecule has 1 aliphatic rings. The molecule has 0 aromatic carbocycles. The van der Waals surface area contributed by atoms with Gasteiger partial charge in [0.25, 0.3) is 0 Å². The van der Waals surface area contributed by atoms with Crippen molar-refractivity contribution < 1.29 is 19.1 Å². The molecule has 0 saturated heterocycles. The quantitative estimate of drug-likeness (QED) is 0.758. The Kier molecular flexibility index (Phi) is 6.99. The van der Waals surface area contributed by atoms with E-state index in [1.165, 1.54) is 7.11 Å². The van der Waals surface area contributed by atoms with Gasteiger partial charge >= 0.3 is 5.97 Å². The van der Waals surface area contributed by atoms with E-state index in [0.717, 1.165) is 32.1 Å². The first kappa shape index (κ1) is 17.0. The van der Waals surface area contributed by atoms with Gasteiger partial charge in [-0.15, -0.1) is 0 Å². The zero-order valence-electron chi connectivity index (χ0n) is 13.0. The molecule has 5 nitrogen and oxygen atoms in total. The van der Waals surface area contributed by atoms with Crippen LogP contribution in [0.1, 0.15) is 52.9 Å². The van der Waals surface area contributed by atoms with E-state index in [9.17, 15) is 9.59 Å². The number of carbonyl (C=O) groups excluding carboxylic acids is 2. The zero-order valence-corrected chi connectivity index (χ0v) is 13.0. The van der Waals surface area contributed by atoms with Crippen molar-refractivity contribution in [3.63, 3.8) is 0 Å². The third kappa shape index (κ3) is 5.12. The molecule has 1 aliphatic carbocycles. The molecule has 0 aromatic rings. The van der Waals surface area contributed by atoms with Crippen LogP contribution >= 0.6 is 0 Å². The van der Waals surface area contributed by atoms with Crippen LogP contribution in [0.4, 0.5) is 0 Å². The molecule has 0 bridgehead atoms. The summed E-state index contributed by atoms with van der Waals surface area (Å²) >= 11 is 0. The van der Waals surface area contributed by atoms with Crippen LogP contribution in [0.3, 0.4) is 0 Å². The van der Waals surface area contributed by atoms with Gasteiger partial charge in [-0.1, -0.05) is 6.92 Å². The summed E-state index contributed by atoms with van der Waals surface area (Å²) in [6.45, 7) is 5.79. The number of methoxy groups -OCH3 is 1. The third-order valence-corrected chi connectivity index (χ3v) is 3.98. The molecule has 2 atom stereocenters. The minimum atomic E-state index is -0.441. The maximum Gasteiger partial charge on any atom is 0.308 e. The summed E-state index contributed by atoms with van der Waals surface area (Å²) in [6, 6.07) is 0.170. The molecule has 0 spiro atoms. The molecule has 0 heterocycles. The molecule has 0 aliphatic heterocycles. The summed E-state index contributed by atoms with van der Waals surface area (Å²) < 4.78 is 10.6. The highest BCUT2D eigenvalue weighted by molar-refractivity contribution is 5.80. The van der Waals surface area contributed by atoms with E-state index in [0.29, 0.717) is 0 Å². The second kappa shape index (κ2) is 8.25. The lowest BCUT2D eigenvalue weighted by molar-refractivity contribution is -0.149. The van der Waals surface area contributed by atoms with Crippen LogP contribution in [0, 0.1) is 5.92 Å². The summed E-state index contributed by atoms with van der Waals surface area (Å²) in [4.78, 5) is 23.3. The highest BCUT2D eigenvalue weighted by atomic mass is 16.5. The third-order valence-electron chi connectivity index (χ3n) is 3.98. The van der Waals surface area contributed by atoms with Gasteiger partial charge in [-0.25, -0.2) is 0 Å². The highest BCUT2D eigenvalue weighted by Gasteiger charge is 2.29. The van der Waals surface area contributed by atoms with Crippen LogP contribution in [-0.4, -0.2) is 37.2 Å². The van der Waals surface area contributed by atoms with Gasteiger partial charge < -0.3 is 14.8 Å². The van der Waals surface area contributed by atoms with Gasteiger partial charge in [0.15, 0.2) is 0 Å². The molecule has 1 N–H and O–H groups in total. The predicted molar refractivity (Wildman–Crippen MR) is 76.2 cm³/mol. The Hall–Kier alpha value is -1.10. The van der Waals surface area contributed by atoms with Crippen molar-refractivity contribution in [2.24, 2.45) is 5.92 Å². The fourth-order valence-corrected chi connectivity index (χ4v) is 2.41. The summed E-state index contributed by atoms with van der Waals surface area (Å²) in [7, 11) is 1.42. The molecule has 5 heteroatoms. The molecule has 1 rings (SSSR count). The Balaban J connectivity index is 2.32. The maximum atomic E-state index is 11.9. The van der Waals surface area contributed by atoms with Gasteiger partial charge in [-0.3, -0.25) is 9.59 Å². The first-order valence-electron chi connectivity index (χ1n) is 7.51. The van der Waals surface area contributed by atoms with Crippen molar-refractivity contribution in [2.75, 3.05) is 7.11 Å². The van der Waals surface area contributed by atoms with Crippen molar-refractivity contribution in [1.29, 1.82) is 0 Å². The number of ether oxygens (including phenoxy) is 2. The van der Waals surface area contributed by atoms with E-state index in [-0.39, 0.29) is 29.9 Å². The smallest absolute Gasteiger partial charge is 0.308 e. The Morgan fingerprint density at radius 1 is 1.20 bits per heavy atom. The van der Waals surface area contributed by atoms with Crippen LogP contribution in [0.5, 0.6) is 0 Å². The Bertz CT molecular complexity index is 324. The molecular weight excluding hydrogens is 258 g/mol. The second-order valence-electron chi connectivity index (χ2n) is 5.59. The Morgan fingerprint density at radius 3 is 2.30 bits per heavy atom. The number of nitrogens with one attached hydrogen (secondary N) is 1. The highest BCUT2D eigenvalue weighted by Crippen LogP contribution is 2.27. The molecular formula is C15H27NO4. The first-order valence-corrected chi connectivity index (χ1v) is 7.51. The monoisotopic (exact) mass is 285 g/mol. The molecule has 116 valence electrons. The molecule has 20 heavy (non-hydrogen) atoms. The van der Waals surface area contributed by atoms with E-state index in [2.05, 4.69) is 5.32 Å². The van der Waals surface area contributed by atoms with E-state index in [4.69, 9.17) is 9.47 Å². The van der Waals surface area contributed by atoms with Crippen LogP contribution in [0.25, 0.3) is 0 Å². The zero-order chi connectivity index (χ0) is 15.1. The lowest BCUT2D eigenvalue weighted by Gasteiger charge is -2.29. The maximum absolute atomic E-state index is 11.9. The molecule has 0 radical (unpaired) electrons. The van der Waals surface area contributed by atoms with Crippen molar-refractivity contribution in [2.45, 2.75) is 71.1 Å². The van der Waals surface area contributed by atoms with Gasteiger partial charge in [0.2, 0.25) is 5.91 Å². The SMILES string of the molecule is CCC(C)NC(=O)C(C)OC1CCC(C(=O)OC)CC1. The number of amides is 1. The lowest BCUT2D eigenvalue weighted by Crippen LogP contribution is -2.41. The fraction of sp³-hybridized carbons (Fsp3) is 0.867. The van der Waals surface area contributed by atoms with E-state index >= 15 is 0 Å². The topological polar surface area (TPSA) is 64.6 Å². The summed E-state index contributed by atoms with van der Waals surface area (Å²) in [5.41, 5.74) is 0. The number of esters is 1. The molecule has 1 fully saturated rings. The number of carbonyl (C=O) groups is 2. The van der Waals surface area contributed by atoms with Crippen LogP contribution in [-0.2, 0) is 19.1 Å². The van der Waals surface area contributed by atoms with Gasteiger partial charge in [-0.05, 0) is 46.0 Å². The summed E-state index contributed by atoms with van der Waals surface area (Å²) in [5, 5.41) is 2.92. The Morgan fingerprint density at radius 2 is 1.80 bits per heavy atom. The van der Waals surface area contributed by atoms with E-state index < -0.39 is 6.10 Å². The fourth-order valence-electron chi connectivity index (χ4n) is 2.41. The van der Waals surface area contributed by atoms with Crippen molar-refractivity contribution >= 4 is 11.9 Å². The number of rotatable bonds is 6. The minimum absolute atomic E-state index is 0.0101. The Labute approximate surface area is 121 Å². The van der Waals surface area contributed by atoms with Gasteiger partial charge in [0.05, 0.1) is 19.1 Å². The summed E-state index contributed by atoms with van der Waals surface area (Å²) in [6.07, 6.45) is 3.69. The van der Waals surface area contributed by atoms with Gasteiger partial charge in [0, 0.05) is 6.04 Å². The second-order valence-corrected chi connectivity index (χ2v) is 5.59. The van der Waals surface area contributed by atoms with Crippen LogP contribution in [0.15, 0.2) is 0 Å². The van der Waals surface area contributed by atoms with Gasteiger partial charge in [0.1, 0.15) is 6.10 Å². The average molecular weight is 285 g/mol. The first-order chi connectivity index (χ1) is 9.47. The molecule has 0 aromatic heterocycles. The predicted octanol–water partition coefficient (Wildman–Crippen LogP) is 2.04. The van der Waals surface area contributed by atoms with Crippen molar-refractivity contribution in [3.05, 3.63) is 0 Å². The average Bonchev–Trinajstić information content (AvgIpc) is 2.46. The molecule has 2 unspecified atom stereocenters. The van der Waals surface area contributed by atoms with E-state index in [1.54, 1.807) is 6.92 Å². The van der Waals surface area contributed by atoms with E-state index in [1.807, 2.05) is 13.8 Å². The largest absolute Gasteiger partial charge is 0.469 e. The normalized spacial score (nSPS) is 25.6.